The van der Waals surface area contributed by atoms with Crippen LogP contribution in [0.2, 0.25) is 5.02 Å². The molecule has 100 valence electrons. The summed E-state index contributed by atoms with van der Waals surface area (Å²) in [4.78, 5) is 0. The molecule has 0 amide bonds. The smallest absolute Gasteiger partial charge is 0.416 e. The molecule has 0 aliphatic heterocycles. The van der Waals surface area contributed by atoms with Crippen LogP contribution in [-0.2, 0) is 6.18 Å². The van der Waals surface area contributed by atoms with Gasteiger partial charge in [-0.05, 0) is 52.3 Å². The van der Waals surface area contributed by atoms with Gasteiger partial charge in [0.2, 0.25) is 0 Å². The van der Waals surface area contributed by atoms with E-state index in [2.05, 4.69) is 15.9 Å². The first-order chi connectivity index (χ1) is 8.88. The topological polar surface area (TPSA) is 9.23 Å². The Bertz CT molecular complexity index is 581. The third kappa shape index (κ3) is 3.42. The van der Waals surface area contributed by atoms with E-state index in [1.807, 2.05) is 0 Å². The molecule has 2 rings (SSSR count). The molecule has 0 saturated carbocycles. The van der Waals surface area contributed by atoms with Crippen molar-refractivity contribution in [1.82, 2.24) is 0 Å². The van der Waals surface area contributed by atoms with E-state index in [1.54, 1.807) is 18.2 Å². The third-order valence-corrected chi connectivity index (χ3v) is 3.60. The molecule has 2 aromatic carbocycles. The predicted molar refractivity (Wildman–Crippen MR) is 70.7 cm³/mol. The fraction of sp³-hybridized carbons (Fsp3) is 0.0769. The van der Waals surface area contributed by atoms with Crippen molar-refractivity contribution in [2.24, 2.45) is 0 Å². The molecule has 0 aliphatic rings. The summed E-state index contributed by atoms with van der Waals surface area (Å²) < 4.78 is 43.3. The summed E-state index contributed by atoms with van der Waals surface area (Å²) in [5.74, 6) is 0.656. The standard InChI is InChI=1S/C13H7BrClF3O/c14-10-2-1-3-11(12(10)15)19-9-6-4-8(5-7-9)13(16,17)18/h1-7H. The molecule has 0 unspecified atom stereocenters. The first kappa shape index (κ1) is 14.2. The number of benzene rings is 2. The Hall–Kier alpha value is -1.20. The largest absolute Gasteiger partial charge is 0.456 e. The molecule has 0 N–H and O–H groups in total. The molecule has 19 heavy (non-hydrogen) atoms. The lowest BCUT2D eigenvalue weighted by Crippen LogP contribution is -2.04. The minimum Gasteiger partial charge on any atom is -0.456 e. The van der Waals surface area contributed by atoms with E-state index in [9.17, 15) is 13.2 Å². The molecule has 2 aromatic rings. The SMILES string of the molecule is FC(F)(F)c1ccc(Oc2cccc(Br)c2Cl)cc1. The molecular formula is C13H7BrClF3O. The van der Waals surface area contributed by atoms with Crippen LogP contribution in [0.15, 0.2) is 46.9 Å². The summed E-state index contributed by atoms with van der Waals surface area (Å²) in [5.41, 5.74) is -0.722. The second-order valence-corrected chi connectivity index (χ2v) is 4.91. The molecule has 0 bridgehead atoms. The normalized spacial score (nSPS) is 11.4. The second-order valence-electron chi connectivity index (χ2n) is 3.68. The lowest BCUT2D eigenvalue weighted by molar-refractivity contribution is -0.137. The van der Waals surface area contributed by atoms with Crippen LogP contribution in [-0.4, -0.2) is 0 Å². The average Bonchev–Trinajstić information content (AvgIpc) is 2.35. The van der Waals surface area contributed by atoms with Crippen molar-refractivity contribution in [2.45, 2.75) is 6.18 Å². The highest BCUT2D eigenvalue weighted by atomic mass is 79.9. The zero-order valence-corrected chi connectivity index (χ0v) is 11.7. The summed E-state index contributed by atoms with van der Waals surface area (Å²) in [7, 11) is 0. The van der Waals surface area contributed by atoms with Gasteiger partial charge in [-0.15, -0.1) is 0 Å². The van der Waals surface area contributed by atoms with Gasteiger partial charge in [-0.3, -0.25) is 0 Å². The summed E-state index contributed by atoms with van der Waals surface area (Å²) in [6.07, 6.45) is -4.36. The average molecular weight is 352 g/mol. The number of rotatable bonds is 2. The second kappa shape index (κ2) is 5.43. The van der Waals surface area contributed by atoms with Crippen molar-refractivity contribution in [1.29, 1.82) is 0 Å². The molecule has 0 saturated heterocycles. The number of hydrogen-bond donors (Lipinski definition) is 0. The van der Waals surface area contributed by atoms with Gasteiger partial charge < -0.3 is 4.74 Å². The maximum Gasteiger partial charge on any atom is 0.416 e. The Morgan fingerprint density at radius 1 is 1.00 bits per heavy atom. The van der Waals surface area contributed by atoms with Gasteiger partial charge in [-0.2, -0.15) is 13.2 Å². The first-order valence-corrected chi connectivity index (χ1v) is 6.34. The van der Waals surface area contributed by atoms with Gasteiger partial charge in [0.1, 0.15) is 11.5 Å². The van der Waals surface area contributed by atoms with Crippen molar-refractivity contribution in [2.75, 3.05) is 0 Å². The molecule has 0 atom stereocenters. The molecule has 6 heteroatoms. The molecule has 0 aliphatic carbocycles. The highest BCUT2D eigenvalue weighted by molar-refractivity contribution is 9.10. The van der Waals surface area contributed by atoms with Crippen LogP contribution in [0, 0.1) is 0 Å². The van der Waals surface area contributed by atoms with E-state index in [4.69, 9.17) is 16.3 Å². The Morgan fingerprint density at radius 3 is 2.21 bits per heavy atom. The maximum absolute atomic E-state index is 12.4. The Balaban J connectivity index is 2.23. The van der Waals surface area contributed by atoms with Crippen LogP contribution in [0.3, 0.4) is 0 Å². The fourth-order valence-corrected chi connectivity index (χ4v) is 1.91. The third-order valence-electron chi connectivity index (χ3n) is 2.33. The zero-order valence-electron chi connectivity index (χ0n) is 9.34. The van der Waals surface area contributed by atoms with E-state index in [1.165, 1.54) is 12.1 Å². The van der Waals surface area contributed by atoms with Crippen molar-refractivity contribution in [3.05, 3.63) is 57.5 Å². The molecule has 0 heterocycles. The van der Waals surface area contributed by atoms with Crippen molar-refractivity contribution in [3.63, 3.8) is 0 Å². The summed E-state index contributed by atoms with van der Waals surface area (Å²) in [5, 5.41) is 0.363. The lowest BCUT2D eigenvalue weighted by atomic mass is 10.2. The molecule has 0 radical (unpaired) electrons. The minimum atomic E-state index is -4.36. The molecule has 0 fully saturated rings. The fourth-order valence-electron chi connectivity index (χ4n) is 1.40. The molecule has 1 nitrogen and oxygen atoms in total. The number of alkyl halides is 3. The van der Waals surface area contributed by atoms with E-state index >= 15 is 0 Å². The highest BCUT2D eigenvalue weighted by Gasteiger charge is 2.30. The van der Waals surface area contributed by atoms with Crippen LogP contribution >= 0.6 is 27.5 Å². The lowest BCUT2D eigenvalue weighted by Gasteiger charge is -2.10. The van der Waals surface area contributed by atoms with E-state index in [0.29, 0.717) is 15.2 Å². The Kier molecular flexibility index (Phi) is 4.06. The van der Waals surface area contributed by atoms with Crippen LogP contribution in [0.4, 0.5) is 13.2 Å². The summed E-state index contributed by atoms with van der Waals surface area (Å²) in [6.45, 7) is 0. The van der Waals surface area contributed by atoms with Crippen LogP contribution < -0.4 is 4.74 Å². The van der Waals surface area contributed by atoms with Gasteiger partial charge in [0.05, 0.1) is 10.6 Å². The maximum atomic E-state index is 12.4. The van der Waals surface area contributed by atoms with Crippen molar-refractivity contribution >= 4 is 27.5 Å². The van der Waals surface area contributed by atoms with E-state index in [-0.39, 0.29) is 5.75 Å². The van der Waals surface area contributed by atoms with Gasteiger partial charge in [0.25, 0.3) is 0 Å². The van der Waals surface area contributed by atoms with Crippen molar-refractivity contribution < 1.29 is 17.9 Å². The van der Waals surface area contributed by atoms with Crippen LogP contribution in [0.1, 0.15) is 5.56 Å². The zero-order chi connectivity index (χ0) is 14.0. The van der Waals surface area contributed by atoms with Crippen LogP contribution in [0.25, 0.3) is 0 Å². The van der Waals surface area contributed by atoms with Gasteiger partial charge in [-0.25, -0.2) is 0 Å². The highest BCUT2D eigenvalue weighted by Crippen LogP contribution is 2.36. The quantitative estimate of drug-likeness (QED) is 0.653. The summed E-state index contributed by atoms with van der Waals surface area (Å²) in [6, 6.07) is 9.50. The van der Waals surface area contributed by atoms with Gasteiger partial charge >= 0.3 is 6.18 Å². The summed E-state index contributed by atoms with van der Waals surface area (Å²) >= 11 is 9.23. The van der Waals surface area contributed by atoms with Gasteiger partial charge in [0, 0.05) is 4.47 Å². The van der Waals surface area contributed by atoms with Gasteiger partial charge in [-0.1, -0.05) is 17.7 Å². The van der Waals surface area contributed by atoms with Gasteiger partial charge in [0.15, 0.2) is 0 Å². The number of hydrogen-bond acceptors (Lipinski definition) is 1. The number of halogens is 5. The van der Waals surface area contributed by atoms with E-state index in [0.717, 1.165) is 12.1 Å². The minimum absolute atomic E-state index is 0.285. The van der Waals surface area contributed by atoms with Crippen molar-refractivity contribution in [3.8, 4) is 11.5 Å². The molecule has 0 aromatic heterocycles. The Morgan fingerprint density at radius 2 is 1.63 bits per heavy atom. The first-order valence-electron chi connectivity index (χ1n) is 5.17. The molecular weight excluding hydrogens is 344 g/mol. The monoisotopic (exact) mass is 350 g/mol. The number of ether oxygens (including phenoxy) is 1. The predicted octanol–water partition coefficient (Wildman–Crippen LogP) is 5.91. The Labute approximate surface area is 121 Å². The van der Waals surface area contributed by atoms with Crippen LogP contribution in [0.5, 0.6) is 11.5 Å². The molecule has 0 spiro atoms. The van der Waals surface area contributed by atoms with E-state index < -0.39 is 11.7 Å².